The molecule has 5 nitrogen and oxygen atoms in total. The lowest BCUT2D eigenvalue weighted by Gasteiger charge is -2.26. The van der Waals surface area contributed by atoms with Gasteiger partial charge >= 0.3 is 5.97 Å². The molecule has 26 heavy (non-hydrogen) atoms. The molecule has 1 aliphatic rings. The van der Waals surface area contributed by atoms with E-state index < -0.39 is 5.97 Å². The molecule has 1 aromatic carbocycles. The lowest BCUT2D eigenvalue weighted by atomic mass is 10.0. The zero-order valence-corrected chi connectivity index (χ0v) is 16.8. The first-order chi connectivity index (χ1) is 12.3. The van der Waals surface area contributed by atoms with Crippen LogP contribution >= 0.6 is 11.8 Å². The summed E-state index contributed by atoms with van der Waals surface area (Å²) in [6, 6.07) is 3.93. The van der Waals surface area contributed by atoms with Crippen LogP contribution in [0.2, 0.25) is 0 Å². The SMILES string of the molecule is COC(=O)CN(C(=O)CSC(=O)C1CCCC1)c1c(C)ccc(C)c1C. The number of amides is 1. The molecule has 0 N–H and O–H groups in total. The lowest BCUT2D eigenvalue weighted by Crippen LogP contribution is -2.38. The molecule has 0 atom stereocenters. The van der Waals surface area contributed by atoms with Gasteiger partial charge in [0.15, 0.2) is 5.12 Å². The first-order valence-corrected chi connectivity index (χ1v) is 9.94. The Bertz CT molecular complexity index is 695. The Labute approximate surface area is 159 Å². The standard InChI is InChI=1S/C20H27NO4S/c1-13-9-10-14(2)19(15(13)3)21(11-18(23)25-4)17(22)12-26-20(24)16-7-5-6-8-16/h9-10,16H,5-8,11-12H2,1-4H3. The van der Waals surface area contributed by atoms with Crippen molar-refractivity contribution in [2.75, 3.05) is 24.3 Å². The van der Waals surface area contributed by atoms with Crippen molar-refractivity contribution in [1.29, 1.82) is 0 Å². The quantitative estimate of drug-likeness (QED) is 0.709. The van der Waals surface area contributed by atoms with Crippen LogP contribution in [0.5, 0.6) is 0 Å². The number of carbonyl (C=O) groups is 3. The van der Waals surface area contributed by atoms with E-state index in [4.69, 9.17) is 4.74 Å². The Morgan fingerprint density at radius 1 is 1.12 bits per heavy atom. The average Bonchev–Trinajstić information content (AvgIpc) is 3.16. The van der Waals surface area contributed by atoms with E-state index in [0.29, 0.717) is 0 Å². The van der Waals surface area contributed by atoms with E-state index >= 15 is 0 Å². The van der Waals surface area contributed by atoms with Gasteiger partial charge in [0.2, 0.25) is 5.91 Å². The molecule has 1 aliphatic carbocycles. The molecule has 0 radical (unpaired) electrons. The van der Waals surface area contributed by atoms with Gasteiger partial charge < -0.3 is 4.74 Å². The van der Waals surface area contributed by atoms with E-state index in [1.165, 1.54) is 12.0 Å². The van der Waals surface area contributed by atoms with Crippen molar-refractivity contribution in [2.24, 2.45) is 5.92 Å². The molecule has 0 spiro atoms. The summed E-state index contributed by atoms with van der Waals surface area (Å²) in [5, 5.41) is 0.0894. The molecular formula is C20H27NO4S. The predicted octanol–water partition coefficient (Wildman–Crippen LogP) is 3.57. The monoisotopic (exact) mass is 377 g/mol. The van der Waals surface area contributed by atoms with Gasteiger partial charge in [0.25, 0.3) is 0 Å². The number of aryl methyl sites for hydroxylation is 2. The Hall–Kier alpha value is -1.82. The van der Waals surface area contributed by atoms with Crippen molar-refractivity contribution in [3.05, 3.63) is 28.8 Å². The zero-order valence-electron chi connectivity index (χ0n) is 16.0. The molecule has 142 valence electrons. The molecule has 1 aromatic rings. The third-order valence-electron chi connectivity index (χ3n) is 5.02. The summed E-state index contributed by atoms with van der Waals surface area (Å²) in [5.74, 6) is -0.613. The van der Waals surface area contributed by atoms with Crippen LogP contribution in [0, 0.1) is 26.7 Å². The van der Waals surface area contributed by atoms with E-state index in [1.807, 2.05) is 32.9 Å². The summed E-state index contributed by atoms with van der Waals surface area (Å²) in [5.41, 5.74) is 3.64. The Kier molecular flexibility index (Phi) is 7.26. The molecule has 0 bridgehead atoms. The van der Waals surface area contributed by atoms with E-state index in [9.17, 15) is 14.4 Å². The Morgan fingerprint density at radius 2 is 1.73 bits per heavy atom. The fourth-order valence-electron chi connectivity index (χ4n) is 3.33. The molecule has 0 aromatic heterocycles. The number of ether oxygens (including phenoxy) is 1. The first kappa shape index (κ1) is 20.5. The number of hydrogen-bond donors (Lipinski definition) is 0. The summed E-state index contributed by atoms with van der Waals surface area (Å²) in [6.07, 6.45) is 4.01. The molecular weight excluding hydrogens is 350 g/mol. The minimum absolute atomic E-state index is 0.0408. The minimum atomic E-state index is -0.481. The van der Waals surface area contributed by atoms with Crippen LogP contribution < -0.4 is 4.90 Å². The number of thioether (sulfide) groups is 1. The molecule has 0 unspecified atom stereocenters. The summed E-state index contributed by atoms with van der Waals surface area (Å²) in [4.78, 5) is 38.5. The van der Waals surface area contributed by atoms with Gasteiger partial charge in [0.05, 0.1) is 18.6 Å². The second-order valence-electron chi connectivity index (χ2n) is 6.82. The summed E-state index contributed by atoms with van der Waals surface area (Å²) in [6.45, 7) is 5.66. The van der Waals surface area contributed by atoms with Crippen LogP contribution in [0.4, 0.5) is 5.69 Å². The van der Waals surface area contributed by atoms with Crippen LogP contribution in [0.1, 0.15) is 42.4 Å². The van der Waals surface area contributed by atoms with Crippen molar-refractivity contribution in [1.82, 2.24) is 0 Å². The highest BCUT2D eigenvalue weighted by atomic mass is 32.2. The maximum absolute atomic E-state index is 12.9. The van der Waals surface area contributed by atoms with Gasteiger partial charge in [-0.2, -0.15) is 0 Å². The molecule has 0 saturated heterocycles. The highest BCUT2D eigenvalue weighted by molar-refractivity contribution is 8.14. The smallest absolute Gasteiger partial charge is 0.325 e. The molecule has 1 fully saturated rings. The van der Waals surface area contributed by atoms with Gasteiger partial charge in [0.1, 0.15) is 6.54 Å². The van der Waals surface area contributed by atoms with Crippen molar-refractivity contribution in [3.63, 3.8) is 0 Å². The molecule has 0 heterocycles. The van der Waals surface area contributed by atoms with Crippen LogP contribution in [0.15, 0.2) is 12.1 Å². The fourth-order valence-corrected chi connectivity index (χ4v) is 4.22. The maximum Gasteiger partial charge on any atom is 0.325 e. The fraction of sp³-hybridized carbons (Fsp3) is 0.550. The number of methoxy groups -OCH3 is 1. The van der Waals surface area contributed by atoms with E-state index in [2.05, 4.69) is 0 Å². The highest BCUT2D eigenvalue weighted by Gasteiger charge is 2.27. The van der Waals surface area contributed by atoms with Gasteiger partial charge in [-0.25, -0.2) is 0 Å². The second kappa shape index (κ2) is 9.21. The Morgan fingerprint density at radius 3 is 2.35 bits per heavy atom. The predicted molar refractivity (Wildman–Crippen MR) is 104 cm³/mol. The third-order valence-corrected chi connectivity index (χ3v) is 6.02. The molecule has 0 aliphatic heterocycles. The number of esters is 1. The van der Waals surface area contributed by atoms with Gasteiger partial charge in [-0.05, 0) is 50.3 Å². The van der Waals surface area contributed by atoms with Crippen LogP contribution in [-0.4, -0.2) is 36.4 Å². The van der Waals surface area contributed by atoms with E-state index in [-0.39, 0.29) is 29.2 Å². The van der Waals surface area contributed by atoms with Crippen molar-refractivity contribution in [3.8, 4) is 0 Å². The molecule has 2 rings (SSSR count). The van der Waals surface area contributed by atoms with Crippen molar-refractivity contribution < 1.29 is 19.1 Å². The van der Waals surface area contributed by atoms with Crippen LogP contribution in [0.25, 0.3) is 0 Å². The maximum atomic E-state index is 12.9. The van der Waals surface area contributed by atoms with Gasteiger partial charge in [-0.3, -0.25) is 19.3 Å². The normalized spacial score (nSPS) is 14.3. The number of carbonyl (C=O) groups excluding carboxylic acids is 3. The molecule has 1 amide bonds. The minimum Gasteiger partial charge on any atom is -0.468 e. The van der Waals surface area contributed by atoms with Crippen molar-refractivity contribution in [2.45, 2.75) is 46.5 Å². The Balaban J connectivity index is 2.19. The summed E-state index contributed by atoms with van der Waals surface area (Å²) < 4.78 is 4.76. The van der Waals surface area contributed by atoms with Crippen LogP contribution in [0.3, 0.4) is 0 Å². The van der Waals surface area contributed by atoms with Crippen molar-refractivity contribution >= 4 is 34.4 Å². The van der Waals surface area contributed by atoms with Gasteiger partial charge in [-0.1, -0.05) is 36.7 Å². The number of nitrogens with zero attached hydrogens (tertiary/aromatic N) is 1. The number of anilines is 1. The lowest BCUT2D eigenvalue weighted by molar-refractivity contribution is -0.139. The highest BCUT2D eigenvalue weighted by Crippen LogP contribution is 2.31. The third kappa shape index (κ3) is 4.87. The molecule has 1 saturated carbocycles. The molecule has 6 heteroatoms. The average molecular weight is 378 g/mol. The number of hydrogen-bond acceptors (Lipinski definition) is 5. The first-order valence-electron chi connectivity index (χ1n) is 8.95. The van der Waals surface area contributed by atoms with E-state index in [1.54, 1.807) is 0 Å². The summed E-state index contributed by atoms with van der Waals surface area (Å²) >= 11 is 1.07. The van der Waals surface area contributed by atoms with Gasteiger partial charge in [-0.15, -0.1) is 0 Å². The number of benzene rings is 1. The second-order valence-corrected chi connectivity index (χ2v) is 7.80. The topological polar surface area (TPSA) is 63.7 Å². The largest absolute Gasteiger partial charge is 0.468 e. The number of rotatable bonds is 6. The van der Waals surface area contributed by atoms with Crippen LogP contribution in [-0.2, 0) is 19.1 Å². The van der Waals surface area contributed by atoms with E-state index in [0.717, 1.165) is 59.8 Å². The zero-order chi connectivity index (χ0) is 19.3. The summed E-state index contributed by atoms with van der Waals surface area (Å²) in [7, 11) is 1.30. The van der Waals surface area contributed by atoms with Gasteiger partial charge in [0, 0.05) is 5.92 Å².